The highest BCUT2D eigenvalue weighted by Crippen LogP contribution is 2.22. The molecule has 3 aromatic carbocycles. The Morgan fingerprint density at radius 3 is 2.10 bits per heavy atom. The summed E-state index contributed by atoms with van der Waals surface area (Å²) in [4.78, 5) is 26.4. The van der Waals surface area contributed by atoms with Crippen LogP contribution in [0.1, 0.15) is 22.8 Å². The number of aromatic nitrogens is 2. The molecule has 0 aliphatic carbocycles. The highest BCUT2D eigenvalue weighted by atomic mass is 32.2. The number of rotatable bonds is 5. The molecule has 0 spiro atoms. The standard InChI is InChI=1S/C23H20N2O5S/c1-3-16-8-10-17(11-9-16)22(26)24-20-6-4-5-7-21(20)25(23(24)27)31(28,29)19-14-12-18(30-2)13-15-19/h4-15H,3H2,1-2H3. The summed E-state index contributed by atoms with van der Waals surface area (Å²) in [7, 11) is -2.78. The van der Waals surface area contributed by atoms with E-state index in [0.29, 0.717) is 15.3 Å². The van der Waals surface area contributed by atoms with Crippen molar-refractivity contribution < 1.29 is 17.9 Å². The molecule has 0 bridgehead atoms. The van der Waals surface area contributed by atoms with Crippen molar-refractivity contribution in [1.29, 1.82) is 0 Å². The monoisotopic (exact) mass is 436 g/mol. The van der Waals surface area contributed by atoms with Gasteiger partial charge in [0.15, 0.2) is 0 Å². The molecule has 0 aliphatic rings. The van der Waals surface area contributed by atoms with Crippen LogP contribution < -0.4 is 10.4 Å². The molecule has 4 rings (SSSR count). The van der Waals surface area contributed by atoms with Crippen LogP contribution in [0.3, 0.4) is 0 Å². The van der Waals surface area contributed by atoms with Crippen molar-refractivity contribution >= 4 is 27.0 Å². The SMILES string of the molecule is CCc1ccc(C(=O)n2c(=O)n(S(=O)(=O)c3ccc(OC)cc3)c3ccccc32)cc1. The Hall–Kier alpha value is -3.65. The molecule has 0 N–H and O–H groups in total. The van der Waals surface area contributed by atoms with Gasteiger partial charge in [-0.3, -0.25) is 4.79 Å². The number of aryl methyl sites for hydroxylation is 1. The summed E-state index contributed by atoms with van der Waals surface area (Å²) in [5.41, 5.74) is 0.745. The molecule has 0 saturated heterocycles. The van der Waals surface area contributed by atoms with Gasteiger partial charge in [-0.05, 0) is 60.5 Å². The number of imidazole rings is 1. The third-order valence-corrected chi connectivity index (χ3v) is 6.82. The quantitative estimate of drug-likeness (QED) is 0.479. The molecular weight excluding hydrogens is 416 g/mol. The molecule has 7 nitrogen and oxygen atoms in total. The average molecular weight is 436 g/mol. The third-order valence-electron chi connectivity index (χ3n) is 5.12. The van der Waals surface area contributed by atoms with Gasteiger partial charge in [0.25, 0.3) is 15.9 Å². The molecule has 0 fully saturated rings. The zero-order valence-electron chi connectivity index (χ0n) is 17.0. The van der Waals surface area contributed by atoms with Crippen molar-refractivity contribution in [3.05, 3.63) is 94.4 Å². The van der Waals surface area contributed by atoms with Crippen molar-refractivity contribution in [2.24, 2.45) is 0 Å². The molecule has 0 aliphatic heterocycles. The molecule has 0 atom stereocenters. The number of methoxy groups -OCH3 is 1. The highest BCUT2D eigenvalue weighted by molar-refractivity contribution is 7.90. The zero-order chi connectivity index (χ0) is 22.2. The number of benzene rings is 3. The van der Waals surface area contributed by atoms with Crippen molar-refractivity contribution in [1.82, 2.24) is 8.54 Å². The first-order chi connectivity index (χ1) is 14.9. The number of ether oxygens (including phenoxy) is 1. The number of fused-ring (bicyclic) bond motifs is 1. The number of carbonyl (C=O) groups is 1. The minimum atomic E-state index is -4.25. The van der Waals surface area contributed by atoms with E-state index in [2.05, 4.69) is 0 Å². The maximum Gasteiger partial charge on any atom is 0.350 e. The summed E-state index contributed by atoms with van der Waals surface area (Å²) < 4.78 is 33.3. The second-order valence-corrected chi connectivity index (χ2v) is 8.69. The molecule has 8 heteroatoms. The molecular formula is C23H20N2O5S. The molecule has 1 heterocycles. The summed E-state index contributed by atoms with van der Waals surface area (Å²) in [6, 6.07) is 18.9. The van der Waals surface area contributed by atoms with Crippen LogP contribution in [-0.2, 0) is 16.4 Å². The Kier molecular flexibility index (Phi) is 5.24. The predicted octanol–water partition coefficient (Wildman–Crippen LogP) is 3.30. The van der Waals surface area contributed by atoms with E-state index in [1.54, 1.807) is 30.3 Å². The molecule has 158 valence electrons. The van der Waals surface area contributed by atoms with Gasteiger partial charge in [0.05, 0.1) is 23.0 Å². The van der Waals surface area contributed by atoms with Crippen LogP contribution in [-0.4, -0.2) is 30.0 Å². The largest absolute Gasteiger partial charge is 0.497 e. The fourth-order valence-electron chi connectivity index (χ4n) is 3.42. The minimum absolute atomic E-state index is 0.0851. The first-order valence-corrected chi connectivity index (χ1v) is 11.1. The van der Waals surface area contributed by atoms with Gasteiger partial charge in [0.1, 0.15) is 5.75 Å². The van der Waals surface area contributed by atoms with Gasteiger partial charge in [-0.15, -0.1) is 0 Å². The van der Waals surface area contributed by atoms with Gasteiger partial charge in [-0.25, -0.2) is 17.8 Å². The van der Waals surface area contributed by atoms with Crippen LogP contribution in [0, 0.1) is 0 Å². The second-order valence-electron chi connectivity index (χ2n) is 6.91. The van der Waals surface area contributed by atoms with Crippen molar-refractivity contribution in [3.63, 3.8) is 0 Å². The second kappa shape index (κ2) is 7.88. The maximum atomic E-state index is 13.3. The van der Waals surface area contributed by atoms with E-state index in [1.165, 1.54) is 37.4 Å². The Labute approximate surface area is 179 Å². The van der Waals surface area contributed by atoms with Crippen LogP contribution in [0.2, 0.25) is 0 Å². The van der Waals surface area contributed by atoms with E-state index in [4.69, 9.17) is 4.74 Å². The van der Waals surface area contributed by atoms with Gasteiger partial charge < -0.3 is 4.74 Å². The molecule has 0 amide bonds. The van der Waals surface area contributed by atoms with E-state index < -0.39 is 21.6 Å². The topological polar surface area (TPSA) is 87.4 Å². The Morgan fingerprint density at radius 1 is 0.903 bits per heavy atom. The van der Waals surface area contributed by atoms with Gasteiger partial charge in [0, 0.05) is 5.56 Å². The number of hydrogen-bond acceptors (Lipinski definition) is 5. The van der Waals surface area contributed by atoms with Crippen LogP contribution >= 0.6 is 0 Å². The van der Waals surface area contributed by atoms with Gasteiger partial charge in [-0.1, -0.05) is 31.2 Å². The fraction of sp³-hybridized carbons (Fsp3) is 0.130. The predicted molar refractivity (Wildman–Crippen MR) is 117 cm³/mol. The van der Waals surface area contributed by atoms with Crippen molar-refractivity contribution in [2.45, 2.75) is 18.2 Å². The molecule has 0 saturated carbocycles. The number of para-hydroxylation sites is 2. The lowest BCUT2D eigenvalue weighted by molar-refractivity contribution is 0.0961. The maximum absolute atomic E-state index is 13.3. The molecule has 0 radical (unpaired) electrons. The first-order valence-electron chi connectivity index (χ1n) is 9.64. The van der Waals surface area contributed by atoms with E-state index in [1.807, 2.05) is 19.1 Å². The molecule has 1 aromatic heterocycles. The lowest BCUT2D eigenvalue weighted by atomic mass is 10.1. The smallest absolute Gasteiger partial charge is 0.350 e. The number of carbonyl (C=O) groups excluding carboxylic acids is 1. The van der Waals surface area contributed by atoms with Crippen molar-refractivity contribution in [3.8, 4) is 5.75 Å². The Bertz CT molecular complexity index is 1430. The number of nitrogens with zero attached hydrogens (tertiary/aromatic N) is 2. The molecule has 31 heavy (non-hydrogen) atoms. The average Bonchev–Trinajstić information content (AvgIpc) is 3.11. The van der Waals surface area contributed by atoms with Crippen LogP contribution in [0.5, 0.6) is 5.75 Å². The van der Waals surface area contributed by atoms with Crippen LogP contribution in [0.4, 0.5) is 0 Å². The van der Waals surface area contributed by atoms with Gasteiger partial charge in [-0.2, -0.15) is 3.97 Å². The first kappa shape index (κ1) is 20.6. The van der Waals surface area contributed by atoms with Crippen LogP contribution in [0.15, 0.2) is 82.5 Å². The summed E-state index contributed by atoms with van der Waals surface area (Å²) >= 11 is 0. The van der Waals surface area contributed by atoms with E-state index in [0.717, 1.165) is 16.6 Å². The van der Waals surface area contributed by atoms with Gasteiger partial charge >= 0.3 is 5.69 Å². The molecule has 4 aromatic rings. The van der Waals surface area contributed by atoms with Gasteiger partial charge in [0.2, 0.25) is 0 Å². The lowest BCUT2D eigenvalue weighted by Crippen LogP contribution is -2.33. The van der Waals surface area contributed by atoms with E-state index in [-0.39, 0.29) is 15.9 Å². The fourth-order valence-corrected chi connectivity index (χ4v) is 4.81. The Morgan fingerprint density at radius 2 is 1.52 bits per heavy atom. The summed E-state index contributed by atoms with van der Waals surface area (Å²) in [6.45, 7) is 2.00. The number of hydrogen-bond donors (Lipinski definition) is 0. The highest BCUT2D eigenvalue weighted by Gasteiger charge is 2.28. The van der Waals surface area contributed by atoms with E-state index >= 15 is 0 Å². The summed E-state index contributed by atoms with van der Waals surface area (Å²) in [6.07, 6.45) is 0.813. The lowest BCUT2D eigenvalue weighted by Gasteiger charge is -2.07. The summed E-state index contributed by atoms with van der Waals surface area (Å²) in [5.74, 6) is -0.105. The Balaban J connectivity index is 1.93. The third kappa shape index (κ3) is 3.44. The van der Waals surface area contributed by atoms with E-state index in [9.17, 15) is 18.0 Å². The van der Waals surface area contributed by atoms with Crippen molar-refractivity contribution in [2.75, 3.05) is 7.11 Å². The zero-order valence-corrected chi connectivity index (χ0v) is 17.8. The normalized spacial score (nSPS) is 11.5. The molecule has 0 unspecified atom stereocenters. The summed E-state index contributed by atoms with van der Waals surface area (Å²) in [5, 5.41) is 0. The van der Waals surface area contributed by atoms with Crippen LogP contribution in [0.25, 0.3) is 11.0 Å². The minimum Gasteiger partial charge on any atom is -0.497 e.